The standard InChI is InChI=1S/C16H21F7O4/c1-7(2)16(3,27-10(26)5-4-9(24)25)15(23)14(22)13(21)12(20)11(19)8(18)6-17/h4-5,7-8,11-15H,6H2,1-3H3,(H,24,25). The van der Waals surface area contributed by atoms with Crippen molar-refractivity contribution in [1.29, 1.82) is 0 Å². The van der Waals surface area contributed by atoms with Gasteiger partial charge in [-0.15, -0.1) is 0 Å². The fourth-order valence-electron chi connectivity index (χ4n) is 2.00. The molecule has 0 aliphatic rings. The van der Waals surface area contributed by atoms with Crippen LogP contribution in [0.4, 0.5) is 30.7 Å². The zero-order chi connectivity index (χ0) is 21.5. The fourth-order valence-corrected chi connectivity index (χ4v) is 2.00. The molecule has 0 fully saturated rings. The van der Waals surface area contributed by atoms with Gasteiger partial charge in [0.25, 0.3) is 0 Å². The van der Waals surface area contributed by atoms with Crippen LogP contribution in [0.1, 0.15) is 20.8 Å². The number of ether oxygens (including phenoxy) is 1. The Bertz CT molecular complexity index is 531. The van der Waals surface area contributed by atoms with E-state index in [1.807, 2.05) is 0 Å². The number of carbonyl (C=O) groups excluding carboxylic acids is 1. The summed E-state index contributed by atoms with van der Waals surface area (Å²) in [5, 5.41) is 8.41. The van der Waals surface area contributed by atoms with Crippen LogP contribution in [0.5, 0.6) is 0 Å². The Morgan fingerprint density at radius 1 is 0.963 bits per heavy atom. The molecule has 0 amide bonds. The molecule has 0 aliphatic carbocycles. The number of alkyl halides is 7. The monoisotopic (exact) mass is 410 g/mol. The van der Waals surface area contributed by atoms with Gasteiger partial charge < -0.3 is 9.84 Å². The summed E-state index contributed by atoms with van der Waals surface area (Å²) in [6.07, 6.45) is -19.1. The lowest BCUT2D eigenvalue weighted by atomic mass is 9.83. The maximum atomic E-state index is 14.5. The number of carboxylic acids is 1. The average molecular weight is 410 g/mol. The van der Waals surface area contributed by atoms with Gasteiger partial charge in [0.15, 0.2) is 37.0 Å². The second kappa shape index (κ2) is 10.5. The number of carbonyl (C=O) groups is 2. The van der Waals surface area contributed by atoms with E-state index in [1.165, 1.54) is 13.8 Å². The normalized spacial score (nSPS) is 21.1. The summed E-state index contributed by atoms with van der Waals surface area (Å²) in [5.74, 6) is -3.95. The van der Waals surface area contributed by atoms with E-state index in [0.29, 0.717) is 12.2 Å². The van der Waals surface area contributed by atoms with Gasteiger partial charge in [0, 0.05) is 12.2 Å². The van der Waals surface area contributed by atoms with Crippen LogP contribution in [-0.4, -0.2) is 66.4 Å². The molecule has 0 rings (SSSR count). The highest BCUT2D eigenvalue weighted by molar-refractivity contribution is 5.90. The number of halogens is 7. The molecule has 11 heteroatoms. The summed E-state index contributed by atoms with van der Waals surface area (Å²) in [6.45, 7) is 1.34. The first-order chi connectivity index (χ1) is 12.3. The van der Waals surface area contributed by atoms with E-state index in [9.17, 15) is 40.3 Å². The van der Waals surface area contributed by atoms with Gasteiger partial charge in [0.05, 0.1) is 0 Å². The van der Waals surface area contributed by atoms with Crippen molar-refractivity contribution in [3.05, 3.63) is 12.2 Å². The van der Waals surface area contributed by atoms with Gasteiger partial charge in [-0.05, 0) is 12.8 Å². The molecule has 0 saturated heterocycles. The largest absolute Gasteiger partial charge is 0.478 e. The van der Waals surface area contributed by atoms with Gasteiger partial charge in [-0.3, -0.25) is 0 Å². The molecule has 4 nitrogen and oxygen atoms in total. The highest BCUT2D eigenvalue weighted by Crippen LogP contribution is 2.35. The van der Waals surface area contributed by atoms with E-state index in [0.717, 1.165) is 6.92 Å². The van der Waals surface area contributed by atoms with Crippen LogP contribution in [-0.2, 0) is 14.3 Å². The van der Waals surface area contributed by atoms with Crippen LogP contribution >= 0.6 is 0 Å². The minimum absolute atomic E-state index is 0.352. The van der Waals surface area contributed by atoms with E-state index < -0.39 is 67.2 Å². The Morgan fingerprint density at radius 3 is 1.85 bits per heavy atom. The van der Waals surface area contributed by atoms with Crippen molar-refractivity contribution in [2.24, 2.45) is 5.92 Å². The Balaban J connectivity index is 5.41. The predicted molar refractivity (Wildman–Crippen MR) is 81.5 cm³/mol. The molecule has 0 aromatic heterocycles. The summed E-state index contributed by atoms with van der Waals surface area (Å²) in [7, 11) is 0. The molecule has 0 bridgehead atoms. The van der Waals surface area contributed by atoms with Crippen LogP contribution < -0.4 is 0 Å². The number of aliphatic carboxylic acids is 1. The highest BCUT2D eigenvalue weighted by Gasteiger charge is 2.52. The number of carboxylic acid groups (broad SMARTS) is 1. The summed E-state index contributed by atoms with van der Waals surface area (Å²) in [4.78, 5) is 21.9. The molecule has 1 N–H and O–H groups in total. The third-order valence-electron chi connectivity index (χ3n) is 4.06. The van der Waals surface area contributed by atoms with E-state index >= 15 is 0 Å². The number of rotatable bonds is 11. The van der Waals surface area contributed by atoms with E-state index in [2.05, 4.69) is 4.74 Å². The first-order valence-electron chi connectivity index (χ1n) is 7.83. The first-order valence-corrected chi connectivity index (χ1v) is 7.83. The maximum absolute atomic E-state index is 14.5. The van der Waals surface area contributed by atoms with Gasteiger partial charge >= 0.3 is 11.9 Å². The first kappa shape index (κ1) is 25.2. The lowest BCUT2D eigenvalue weighted by Gasteiger charge is -2.38. The molecule has 0 radical (unpaired) electrons. The summed E-state index contributed by atoms with van der Waals surface area (Å²) in [5.41, 5.74) is -2.40. The van der Waals surface area contributed by atoms with Crippen LogP contribution in [0, 0.1) is 5.92 Å². The summed E-state index contributed by atoms with van der Waals surface area (Å²) in [6, 6.07) is 0. The van der Waals surface area contributed by atoms with Crippen molar-refractivity contribution >= 4 is 11.9 Å². The lowest BCUT2D eigenvalue weighted by molar-refractivity contribution is -0.174. The van der Waals surface area contributed by atoms with Gasteiger partial charge in [-0.1, -0.05) is 13.8 Å². The Morgan fingerprint density at radius 2 is 1.44 bits per heavy atom. The molecule has 0 aromatic carbocycles. The zero-order valence-corrected chi connectivity index (χ0v) is 14.7. The van der Waals surface area contributed by atoms with E-state index in [1.54, 1.807) is 0 Å². The smallest absolute Gasteiger partial charge is 0.331 e. The molecule has 0 saturated carbocycles. The Kier molecular flexibility index (Phi) is 9.80. The van der Waals surface area contributed by atoms with E-state index in [4.69, 9.17) is 5.11 Å². The van der Waals surface area contributed by atoms with E-state index in [-0.39, 0.29) is 0 Å². The zero-order valence-electron chi connectivity index (χ0n) is 14.7. The van der Waals surface area contributed by atoms with Gasteiger partial charge in [0.1, 0.15) is 12.3 Å². The van der Waals surface area contributed by atoms with Gasteiger partial charge in [-0.25, -0.2) is 40.3 Å². The average Bonchev–Trinajstić information content (AvgIpc) is 2.62. The number of hydrogen-bond acceptors (Lipinski definition) is 3. The van der Waals surface area contributed by atoms with Crippen LogP contribution in [0.2, 0.25) is 0 Å². The van der Waals surface area contributed by atoms with Gasteiger partial charge in [0.2, 0.25) is 0 Å². The van der Waals surface area contributed by atoms with Crippen LogP contribution in [0.25, 0.3) is 0 Å². The second-order valence-corrected chi connectivity index (χ2v) is 6.28. The number of esters is 1. The Hall–Kier alpha value is -1.81. The van der Waals surface area contributed by atoms with Crippen molar-refractivity contribution in [1.82, 2.24) is 0 Å². The van der Waals surface area contributed by atoms with Crippen molar-refractivity contribution in [2.45, 2.75) is 63.4 Å². The topological polar surface area (TPSA) is 63.6 Å². The molecular formula is C16H21F7O4. The van der Waals surface area contributed by atoms with Crippen molar-refractivity contribution in [3.63, 3.8) is 0 Å². The van der Waals surface area contributed by atoms with Gasteiger partial charge in [-0.2, -0.15) is 0 Å². The summed E-state index contributed by atoms with van der Waals surface area (Å²) >= 11 is 0. The maximum Gasteiger partial charge on any atom is 0.331 e. The number of hydrogen-bond donors (Lipinski definition) is 1. The third-order valence-corrected chi connectivity index (χ3v) is 4.06. The third kappa shape index (κ3) is 6.69. The second-order valence-electron chi connectivity index (χ2n) is 6.28. The molecule has 0 aliphatic heterocycles. The molecule has 27 heavy (non-hydrogen) atoms. The molecule has 0 spiro atoms. The van der Waals surface area contributed by atoms with Crippen molar-refractivity contribution in [2.75, 3.05) is 6.67 Å². The summed E-state index contributed by atoms with van der Waals surface area (Å²) < 4.78 is 98.7. The minimum Gasteiger partial charge on any atom is -0.478 e. The van der Waals surface area contributed by atoms with Crippen LogP contribution in [0.3, 0.4) is 0 Å². The molecular weight excluding hydrogens is 389 g/mol. The molecule has 7 unspecified atom stereocenters. The van der Waals surface area contributed by atoms with Crippen molar-refractivity contribution in [3.8, 4) is 0 Å². The van der Waals surface area contributed by atoms with Crippen LogP contribution in [0.15, 0.2) is 12.2 Å². The predicted octanol–water partition coefficient (Wildman–Crippen LogP) is 3.58. The minimum atomic E-state index is -3.51. The highest BCUT2D eigenvalue weighted by atomic mass is 19.2. The fraction of sp³-hybridized carbons (Fsp3) is 0.750. The Labute approximate surface area is 151 Å². The molecule has 0 heterocycles. The quantitative estimate of drug-likeness (QED) is 0.321. The molecule has 7 atom stereocenters. The SMILES string of the molecule is CC(C)C(C)(OC(=O)C=CC(=O)O)C(F)C(F)C(F)C(F)C(F)C(F)CF. The molecule has 0 aromatic rings. The molecule has 158 valence electrons. The van der Waals surface area contributed by atoms with Crippen molar-refractivity contribution < 1.29 is 50.2 Å². The lowest BCUT2D eigenvalue weighted by Crippen LogP contribution is -2.54.